The molecule has 0 spiro atoms. The summed E-state index contributed by atoms with van der Waals surface area (Å²) in [4.78, 5) is 0. The fourth-order valence-electron chi connectivity index (χ4n) is 1.85. The standard InChI is InChI=1S/C11H14FNO2/c1-15-10-5-8(12)7(4-9(10)14)11(6-13)2-3-11/h4-5,14H,2-3,6,13H2,1H3. The second-order valence-corrected chi connectivity index (χ2v) is 3.99. The molecule has 0 aliphatic heterocycles. The fourth-order valence-corrected chi connectivity index (χ4v) is 1.85. The van der Waals surface area contributed by atoms with Gasteiger partial charge < -0.3 is 15.6 Å². The van der Waals surface area contributed by atoms with Crippen molar-refractivity contribution in [2.75, 3.05) is 13.7 Å². The topological polar surface area (TPSA) is 55.5 Å². The molecule has 0 saturated heterocycles. The highest BCUT2D eigenvalue weighted by atomic mass is 19.1. The number of rotatable bonds is 3. The van der Waals surface area contributed by atoms with Crippen molar-refractivity contribution in [3.63, 3.8) is 0 Å². The zero-order valence-corrected chi connectivity index (χ0v) is 8.59. The average molecular weight is 211 g/mol. The van der Waals surface area contributed by atoms with Gasteiger partial charge in [-0.05, 0) is 24.5 Å². The normalized spacial score (nSPS) is 17.5. The largest absolute Gasteiger partial charge is 0.504 e. The van der Waals surface area contributed by atoms with Gasteiger partial charge in [-0.2, -0.15) is 0 Å². The third-order valence-corrected chi connectivity index (χ3v) is 3.08. The molecule has 0 radical (unpaired) electrons. The molecule has 0 unspecified atom stereocenters. The lowest BCUT2D eigenvalue weighted by Gasteiger charge is -2.15. The molecule has 0 bridgehead atoms. The van der Waals surface area contributed by atoms with E-state index in [1.165, 1.54) is 19.2 Å². The van der Waals surface area contributed by atoms with E-state index in [4.69, 9.17) is 10.5 Å². The van der Waals surface area contributed by atoms with Gasteiger partial charge in [-0.15, -0.1) is 0 Å². The summed E-state index contributed by atoms with van der Waals surface area (Å²) in [6.07, 6.45) is 1.76. The van der Waals surface area contributed by atoms with Crippen molar-refractivity contribution >= 4 is 0 Å². The third-order valence-electron chi connectivity index (χ3n) is 3.08. The average Bonchev–Trinajstić information content (AvgIpc) is 3.01. The Morgan fingerprint density at radius 3 is 2.67 bits per heavy atom. The minimum atomic E-state index is -0.354. The number of phenols is 1. The highest BCUT2D eigenvalue weighted by Gasteiger charge is 2.45. The molecular weight excluding hydrogens is 197 g/mol. The van der Waals surface area contributed by atoms with E-state index in [1.54, 1.807) is 0 Å². The highest BCUT2D eigenvalue weighted by molar-refractivity contribution is 5.47. The maximum absolute atomic E-state index is 13.7. The van der Waals surface area contributed by atoms with Crippen LogP contribution in [0.15, 0.2) is 12.1 Å². The molecule has 0 amide bonds. The molecule has 4 heteroatoms. The van der Waals surface area contributed by atoms with Gasteiger partial charge in [0.2, 0.25) is 0 Å². The molecule has 3 nitrogen and oxygen atoms in total. The van der Waals surface area contributed by atoms with E-state index in [9.17, 15) is 9.50 Å². The first-order valence-corrected chi connectivity index (χ1v) is 4.90. The summed E-state index contributed by atoms with van der Waals surface area (Å²) < 4.78 is 18.5. The number of ether oxygens (including phenoxy) is 1. The molecule has 82 valence electrons. The molecule has 0 atom stereocenters. The Bertz CT molecular complexity index is 388. The maximum Gasteiger partial charge on any atom is 0.163 e. The Hall–Kier alpha value is -1.29. The van der Waals surface area contributed by atoms with Crippen molar-refractivity contribution in [2.24, 2.45) is 5.73 Å². The van der Waals surface area contributed by atoms with E-state index >= 15 is 0 Å². The molecule has 3 N–H and O–H groups in total. The molecule has 0 aromatic heterocycles. The van der Waals surface area contributed by atoms with Crippen LogP contribution in [0.25, 0.3) is 0 Å². The minimum absolute atomic E-state index is 0.0337. The van der Waals surface area contributed by atoms with Crippen molar-refractivity contribution in [1.29, 1.82) is 0 Å². The molecule has 1 fully saturated rings. The first kappa shape index (κ1) is 10.2. The van der Waals surface area contributed by atoms with Crippen LogP contribution in [-0.2, 0) is 5.41 Å². The summed E-state index contributed by atoms with van der Waals surface area (Å²) in [5, 5.41) is 9.57. The lowest BCUT2D eigenvalue weighted by atomic mass is 9.95. The lowest BCUT2D eigenvalue weighted by molar-refractivity contribution is 0.368. The minimum Gasteiger partial charge on any atom is -0.504 e. The molecule has 1 saturated carbocycles. The van der Waals surface area contributed by atoms with Crippen molar-refractivity contribution in [1.82, 2.24) is 0 Å². The number of benzene rings is 1. The van der Waals surface area contributed by atoms with E-state index in [0.717, 1.165) is 12.8 Å². The summed E-state index contributed by atoms with van der Waals surface area (Å²) in [5.41, 5.74) is 5.86. The predicted molar refractivity (Wildman–Crippen MR) is 54.6 cm³/mol. The maximum atomic E-state index is 13.7. The second kappa shape index (κ2) is 3.38. The van der Waals surface area contributed by atoms with Crippen molar-refractivity contribution in [3.8, 4) is 11.5 Å². The molecule has 1 aliphatic carbocycles. The zero-order chi connectivity index (χ0) is 11.1. The SMILES string of the molecule is COc1cc(F)c(C2(CN)CC2)cc1O. The first-order chi connectivity index (χ1) is 7.13. The van der Waals surface area contributed by atoms with Gasteiger partial charge in [0.25, 0.3) is 0 Å². The molecule has 2 rings (SSSR count). The van der Waals surface area contributed by atoms with Crippen LogP contribution >= 0.6 is 0 Å². The number of hydrogen-bond donors (Lipinski definition) is 2. The van der Waals surface area contributed by atoms with Crippen LogP contribution in [-0.4, -0.2) is 18.8 Å². The zero-order valence-electron chi connectivity index (χ0n) is 8.59. The molecule has 1 aromatic rings. The smallest absolute Gasteiger partial charge is 0.163 e. The highest BCUT2D eigenvalue weighted by Crippen LogP contribution is 2.49. The Kier molecular flexibility index (Phi) is 2.31. The quantitative estimate of drug-likeness (QED) is 0.797. The van der Waals surface area contributed by atoms with Crippen LogP contribution in [0.2, 0.25) is 0 Å². The lowest BCUT2D eigenvalue weighted by Crippen LogP contribution is -2.21. The summed E-state index contributed by atoms with van der Waals surface area (Å²) in [6, 6.07) is 2.63. The van der Waals surface area contributed by atoms with Crippen LogP contribution in [0.3, 0.4) is 0 Å². The Labute approximate surface area is 87.7 Å². The first-order valence-electron chi connectivity index (χ1n) is 4.90. The number of phenolic OH excluding ortho intramolecular Hbond substituents is 1. The van der Waals surface area contributed by atoms with Crippen LogP contribution < -0.4 is 10.5 Å². The Morgan fingerprint density at radius 2 is 2.20 bits per heavy atom. The number of hydrogen-bond acceptors (Lipinski definition) is 3. The number of aromatic hydroxyl groups is 1. The molecule has 1 aliphatic rings. The van der Waals surface area contributed by atoms with E-state index in [0.29, 0.717) is 12.1 Å². The van der Waals surface area contributed by atoms with Gasteiger partial charge >= 0.3 is 0 Å². The van der Waals surface area contributed by atoms with Gasteiger partial charge in [0.05, 0.1) is 7.11 Å². The van der Waals surface area contributed by atoms with E-state index < -0.39 is 0 Å². The third kappa shape index (κ3) is 1.55. The second-order valence-electron chi connectivity index (χ2n) is 3.99. The molecule has 0 heterocycles. The number of methoxy groups -OCH3 is 1. The van der Waals surface area contributed by atoms with Crippen LogP contribution in [0.4, 0.5) is 4.39 Å². The Morgan fingerprint density at radius 1 is 1.53 bits per heavy atom. The van der Waals surface area contributed by atoms with Crippen molar-refractivity contribution < 1.29 is 14.2 Å². The molecule has 15 heavy (non-hydrogen) atoms. The van der Waals surface area contributed by atoms with Gasteiger partial charge in [0, 0.05) is 18.0 Å². The van der Waals surface area contributed by atoms with Gasteiger partial charge in [0.15, 0.2) is 11.5 Å². The van der Waals surface area contributed by atoms with Gasteiger partial charge in [-0.1, -0.05) is 0 Å². The van der Waals surface area contributed by atoms with Crippen LogP contribution in [0.5, 0.6) is 11.5 Å². The monoisotopic (exact) mass is 211 g/mol. The van der Waals surface area contributed by atoms with Gasteiger partial charge in [-0.3, -0.25) is 0 Å². The van der Waals surface area contributed by atoms with Crippen molar-refractivity contribution in [3.05, 3.63) is 23.5 Å². The van der Waals surface area contributed by atoms with E-state index in [1.807, 2.05) is 0 Å². The van der Waals surface area contributed by atoms with Gasteiger partial charge in [0.1, 0.15) is 5.82 Å². The Balaban J connectivity index is 2.45. The summed E-state index contributed by atoms with van der Waals surface area (Å²) in [5.74, 6) is -0.231. The van der Waals surface area contributed by atoms with Gasteiger partial charge in [-0.25, -0.2) is 4.39 Å². The van der Waals surface area contributed by atoms with E-state index in [-0.39, 0.29) is 22.7 Å². The summed E-state index contributed by atoms with van der Waals surface area (Å²) in [6.45, 7) is 0.412. The summed E-state index contributed by atoms with van der Waals surface area (Å²) >= 11 is 0. The van der Waals surface area contributed by atoms with Crippen molar-refractivity contribution in [2.45, 2.75) is 18.3 Å². The fraction of sp³-hybridized carbons (Fsp3) is 0.455. The van der Waals surface area contributed by atoms with Crippen LogP contribution in [0.1, 0.15) is 18.4 Å². The number of nitrogens with two attached hydrogens (primary N) is 1. The molecular formula is C11H14FNO2. The number of halogens is 1. The predicted octanol–water partition coefficient (Wildman–Crippen LogP) is 1.53. The molecule has 1 aromatic carbocycles. The summed E-state index contributed by atoms with van der Waals surface area (Å²) in [7, 11) is 1.39. The van der Waals surface area contributed by atoms with Crippen LogP contribution in [0, 0.1) is 5.82 Å². The van der Waals surface area contributed by atoms with E-state index in [2.05, 4.69) is 0 Å².